The maximum absolute atomic E-state index is 14.0. The summed E-state index contributed by atoms with van der Waals surface area (Å²) >= 11 is 5.28. The minimum absolute atomic E-state index is 0.209. The normalized spacial score (nSPS) is 13.2. The topological polar surface area (TPSA) is 59.6 Å². The molecule has 0 bridgehead atoms. The molecule has 1 atom stereocenters. The molecule has 1 unspecified atom stereocenters. The largest absolute Gasteiger partial charge is 0.419 e. The number of aromatic amines is 1. The molecule has 3 aromatic rings. The SMILES string of the molecule is CCC(c1ccc(C(F)(F)F)c(F)c1)n1c(-c2nc(C)no2)c[nH]c1=S. The summed E-state index contributed by atoms with van der Waals surface area (Å²) in [5.41, 5.74) is -0.476. The van der Waals surface area contributed by atoms with Gasteiger partial charge in [0.1, 0.15) is 11.5 Å². The lowest BCUT2D eigenvalue weighted by atomic mass is 10.0. The number of halogens is 4. The van der Waals surface area contributed by atoms with Crippen molar-refractivity contribution in [3.8, 4) is 11.6 Å². The van der Waals surface area contributed by atoms with Crippen molar-refractivity contribution < 1.29 is 22.1 Å². The number of benzene rings is 1. The van der Waals surface area contributed by atoms with Crippen molar-refractivity contribution in [2.45, 2.75) is 32.5 Å². The van der Waals surface area contributed by atoms with Crippen molar-refractivity contribution in [2.24, 2.45) is 0 Å². The zero-order valence-corrected chi connectivity index (χ0v) is 14.6. The second kappa shape index (κ2) is 6.67. The van der Waals surface area contributed by atoms with Gasteiger partial charge in [-0.05, 0) is 43.3 Å². The number of hydrogen-bond acceptors (Lipinski definition) is 4. The second-order valence-electron chi connectivity index (χ2n) is 5.66. The third-order valence-corrected chi connectivity index (χ3v) is 4.25. The average molecular weight is 386 g/mol. The summed E-state index contributed by atoms with van der Waals surface area (Å²) in [4.78, 5) is 7.00. The van der Waals surface area contributed by atoms with Gasteiger partial charge in [0.15, 0.2) is 10.6 Å². The van der Waals surface area contributed by atoms with Gasteiger partial charge in [-0.15, -0.1) is 0 Å². The van der Waals surface area contributed by atoms with Crippen molar-refractivity contribution >= 4 is 12.2 Å². The molecular formula is C16H14F4N4OS. The lowest BCUT2D eigenvalue weighted by molar-refractivity contribution is -0.140. The molecule has 26 heavy (non-hydrogen) atoms. The van der Waals surface area contributed by atoms with E-state index in [1.807, 2.05) is 6.92 Å². The number of aromatic nitrogens is 4. The summed E-state index contributed by atoms with van der Waals surface area (Å²) in [7, 11) is 0. The summed E-state index contributed by atoms with van der Waals surface area (Å²) < 4.78 is 59.5. The summed E-state index contributed by atoms with van der Waals surface area (Å²) in [6.45, 7) is 3.47. The molecule has 2 aromatic heterocycles. The maximum Gasteiger partial charge on any atom is 0.419 e. The Kier molecular flexibility index (Phi) is 4.70. The Morgan fingerprint density at radius 1 is 1.35 bits per heavy atom. The van der Waals surface area contributed by atoms with E-state index >= 15 is 0 Å². The molecule has 0 aliphatic rings. The van der Waals surface area contributed by atoms with E-state index < -0.39 is 23.6 Å². The smallest absolute Gasteiger partial charge is 0.337 e. The number of aryl methyl sites for hydroxylation is 1. The third kappa shape index (κ3) is 3.28. The van der Waals surface area contributed by atoms with E-state index in [1.165, 1.54) is 6.07 Å². The van der Waals surface area contributed by atoms with Gasteiger partial charge in [-0.1, -0.05) is 18.1 Å². The highest BCUT2D eigenvalue weighted by Crippen LogP contribution is 2.34. The van der Waals surface area contributed by atoms with Gasteiger partial charge in [-0.3, -0.25) is 0 Å². The summed E-state index contributed by atoms with van der Waals surface area (Å²) in [5.74, 6) is -0.696. The first-order valence-electron chi connectivity index (χ1n) is 7.69. The first kappa shape index (κ1) is 18.3. The predicted molar refractivity (Wildman–Crippen MR) is 87.5 cm³/mol. The fourth-order valence-electron chi connectivity index (χ4n) is 2.79. The molecule has 0 radical (unpaired) electrons. The van der Waals surface area contributed by atoms with Crippen LogP contribution in [0.15, 0.2) is 28.9 Å². The van der Waals surface area contributed by atoms with Gasteiger partial charge in [0, 0.05) is 6.20 Å². The first-order chi connectivity index (χ1) is 12.2. The Labute approximate surface area is 150 Å². The monoisotopic (exact) mass is 386 g/mol. The molecule has 0 fully saturated rings. The van der Waals surface area contributed by atoms with Crippen molar-refractivity contribution in [3.05, 3.63) is 51.9 Å². The minimum Gasteiger partial charge on any atom is -0.337 e. The molecule has 0 saturated heterocycles. The maximum atomic E-state index is 14.0. The highest BCUT2D eigenvalue weighted by atomic mass is 32.1. The predicted octanol–water partition coefficient (Wildman–Crippen LogP) is 5.06. The highest BCUT2D eigenvalue weighted by Gasteiger charge is 2.34. The number of hydrogen-bond donors (Lipinski definition) is 1. The van der Waals surface area contributed by atoms with Crippen molar-refractivity contribution in [1.82, 2.24) is 19.7 Å². The van der Waals surface area contributed by atoms with E-state index in [0.29, 0.717) is 28.3 Å². The van der Waals surface area contributed by atoms with Crippen LogP contribution in [0.2, 0.25) is 0 Å². The molecule has 0 saturated carbocycles. The van der Waals surface area contributed by atoms with E-state index in [4.69, 9.17) is 16.7 Å². The Hall–Kier alpha value is -2.49. The van der Waals surface area contributed by atoms with Gasteiger partial charge >= 0.3 is 6.18 Å². The quantitative estimate of drug-likeness (QED) is 0.503. The number of H-pyrrole nitrogens is 1. The van der Waals surface area contributed by atoms with Crippen LogP contribution in [0, 0.1) is 17.5 Å². The van der Waals surface area contributed by atoms with Crippen LogP contribution in [-0.4, -0.2) is 19.7 Å². The molecule has 0 aliphatic heterocycles. The van der Waals surface area contributed by atoms with Gasteiger partial charge in [-0.25, -0.2) is 4.39 Å². The van der Waals surface area contributed by atoms with Gasteiger partial charge < -0.3 is 14.1 Å². The van der Waals surface area contributed by atoms with Crippen LogP contribution in [0.5, 0.6) is 0 Å². The molecule has 10 heteroatoms. The molecule has 0 spiro atoms. The zero-order valence-electron chi connectivity index (χ0n) is 13.8. The van der Waals surface area contributed by atoms with Crippen LogP contribution in [0.4, 0.5) is 17.6 Å². The molecule has 2 heterocycles. The lowest BCUT2D eigenvalue weighted by Gasteiger charge is -2.20. The Morgan fingerprint density at radius 2 is 2.08 bits per heavy atom. The molecule has 138 valence electrons. The van der Waals surface area contributed by atoms with Crippen LogP contribution in [0.3, 0.4) is 0 Å². The van der Waals surface area contributed by atoms with Crippen LogP contribution < -0.4 is 0 Å². The Morgan fingerprint density at radius 3 is 2.62 bits per heavy atom. The van der Waals surface area contributed by atoms with E-state index in [0.717, 1.165) is 12.1 Å². The average Bonchev–Trinajstić information content (AvgIpc) is 3.14. The van der Waals surface area contributed by atoms with Gasteiger partial charge in [0.25, 0.3) is 5.89 Å². The summed E-state index contributed by atoms with van der Waals surface area (Å²) in [6, 6.07) is 2.36. The van der Waals surface area contributed by atoms with Gasteiger partial charge in [-0.2, -0.15) is 18.2 Å². The van der Waals surface area contributed by atoms with Crippen molar-refractivity contribution in [1.29, 1.82) is 0 Å². The fourth-order valence-corrected chi connectivity index (χ4v) is 3.07. The van der Waals surface area contributed by atoms with E-state index in [1.54, 1.807) is 17.7 Å². The molecule has 1 N–H and O–H groups in total. The highest BCUT2D eigenvalue weighted by molar-refractivity contribution is 7.71. The van der Waals surface area contributed by atoms with E-state index in [2.05, 4.69) is 15.1 Å². The van der Waals surface area contributed by atoms with Crippen LogP contribution in [0.1, 0.15) is 36.3 Å². The van der Waals surface area contributed by atoms with Crippen LogP contribution in [0.25, 0.3) is 11.6 Å². The second-order valence-corrected chi connectivity index (χ2v) is 6.04. The minimum atomic E-state index is -4.75. The van der Waals surface area contributed by atoms with E-state index in [9.17, 15) is 17.6 Å². The van der Waals surface area contributed by atoms with Gasteiger partial charge in [0.05, 0.1) is 11.6 Å². The number of alkyl halides is 3. The first-order valence-corrected chi connectivity index (χ1v) is 8.10. The van der Waals surface area contributed by atoms with Crippen molar-refractivity contribution in [2.75, 3.05) is 0 Å². The third-order valence-electron chi connectivity index (χ3n) is 3.94. The van der Waals surface area contributed by atoms with Crippen molar-refractivity contribution in [3.63, 3.8) is 0 Å². The molecule has 0 amide bonds. The molecular weight excluding hydrogens is 372 g/mol. The Balaban J connectivity index is 2.10. The van der Waals surface area contributed by atoms with Crippen LogP contribution in [-0.2, 0) is 6.18 Å². The lowest BCUT2D eigenvalue weighted by Crippen LogP contribution is -2.14. The fraction of sp³-hybridized carbons (Fsp3) is 0.312. The zero-order chi connectivity index (χ0) is 19.1. The van der Waals surface area contributed by atoms with E-state index in [-0.39, 0.29) is 5.89 Å². The molecule has 5 nitrogen and oxygen atoms in total. The number of rotatable bonds is 4. The number of nitrogens with zero attached hydrogens (tertiary/aromatic N) is 3. The molecule has 0 aliphatic carbocycles. The summed E-state index contributed by atoms with van der Waals surface area (Å²) in [5, 5.41) is 3.72. The molecule has 3 rings (SSSR count). The van der Waals surface area contributed by atoms with Crippen LogP contribution >= 0.6 is 12.2 Å². The standard InChI is InChI=1S/C16H14F4N4OS/c1-3-12(9-4-5-10(11(17)6-9)16(18,19)20)24-13(7-21-15(24)26)14-22-8(2)23-25-14/h4-7,12H,3H2,1-2H3,(H,21,26). The van der Waals surface area contributed by atoms with Gasteiger partial charge in [0.2, 0.25) is 0 Å². The molecule has 1 aromatic carbocycles. The summed E-state index contributed by atoms with van der Waals surface area (Å²) in [6.07, 6.45) is -2.73. The number of nitrogens with one attached hydrogen (secondary N) is 1. The number of imidazole rings is 1. The Bertz CT molecular complexity index is 989.